The van der Waals surface area contributed by atoms with Gasteiger partial charge in [-0.25, -0.2) is 4.98 Å². The summed E-state index contributed by atoms with van der Waals surface area (Å²) in [5.74, 6) is 0.180. The van der Waals surface area contributed by atoms with Gasteiger partial charge in [0.05, 0.1) is 26.0 Å². The number of hydrogen-bond acceptors (Lipinski definition) is 6. The van der Waals surface area contributed by atoms with E-state index in [1.54, 1.807) is 36.3 Å². The van der Waals surface area contributed by atoms with E-state index in [4.69, 9.17) is 9.47 Å². The molecular formula is C22H23N3O4S. The van der Waals surface area contributed by atoms with Crippen LogP contribution in [0.2, 0.25) is 0 Å². The van der Waals surface area contributed by atoms with Crippen LogP contribution in [-0.2, 0) is 4.74 Å². The maximum absolute atomic E-state index is 13.3. The first kappa shape index (κ1) is 20.3. The third-order valence-electron chi connectivity index (χ3n) is 5.05. The van der Waals surface area contributed by atoms with Crippen molar-refractivity contribution in [2.75, 3.05) is 38.7 Å². The maximum Gasteiger partial charge on any atom is 0.266 e. The molecule has 0 radical (unpaired) electrons. The Morgan fingerprint density at radius 1 is 1.20 bits per heavy atom. The fraction of sp³-hybridized carbons (Fsp3) is 0.318. The van der Waals surface area contributed by atoms with Crippen molar-refractivity contribution in [3.8, 4) is 5.75 Å². The molecule has 0 saturated carbocycles. The van der Waals surface area contributed by atoms with Crippen molar-refractivity contribution in [1.29, 1.82) is 0 Å². The number of nitrogens with zero attached hydrogens (tertiary/aromatic N) is 2. The lowest BCUT2D eigenvalue weighted by Gasteiger charge is -2.26. The Bertz CT molecular complexity index is 1120. The van der Waals surface area contributed by atoms with Crippen LogP contribution in [0.5, 0.6) is 5.75 Å². The molecule has 1 aromatic carbocycles. The average molecular weight is 426 g/mol. The summed E-state index contributed by atoms with van der Waals surface area (Å²) in [6.45, 7) is 5.97. The summed E-state index contributed by atoms with van der Waals surface area (Å²) in [6, 6.07) is 8.88. The molecule has 3 heterocycles. The van der Waals surface area contributed by atoms with Crippen molar-refractivity contribution < 1.29 is 19.1 Å². The molecular weight excluding hydrogens is 402 g/mol. The second-order valence-electron chi connectivity index (χ2n) is 7.16. The highest BCUT2D eigenvalue weighted by molar-refractivity contribution is 7.21. The molecule has 0 aliphatic carbocycles. The van der Waals surface area contributed by atoms with Crippen LogP contribution in [0, 0.1) is 13.8 Å². The van der Waals surface area contributed by atoms with Crippen LogP contribution >= 0.6 is 11.3 Å². The Morgan fingerprint density at radius 3 is 2.70 bits per heavy atom. The van der Waals surface area contributed by atoms with Gasteiger partial charge in [-0.15, -0.1) is 11.3 Å². The number of methoxy groups -OCH3 is 1. The molecule has 0 atom stereocenters. The highest BCUT2D eigenvalue weighted by Crippen LogP contribution is 2.38. The van der Waals surface area contributed by atoms with Gasteiger partial charge in [-0.2, -0.15) is 0 Å². The normalized spacial score (nSPS) is 14.0. The molecule has 8 heteroatoms. The topological polar surface area (TPSA) is 80.8 Å². The fourth-order valence-electron chi connectivity index (χ4n) is 3.57. The molecule has 3 aromatic rings. The highest BCUT2D eigenvalue weighted by Gasteiger charge is 2.27. The zero-order chi connectivity index (χ0) is 21.3. The number of morpholine rings is 1. The zero-order valence-electron chi connectivity index (χ0n) is 17.2. The number of pyridine rings is 1. The molecule has 30 heavy (non-hydrogen) atoms. The quantitative estimate of drug-likeness (QED) is 0.690. The van der Waals surface area contributed by atoms with Crippen LogP contribution in [0.3, 0.4) is 0 Å². The summed E-state index contributed by atoms with van der Waals surface area (Å²) in [7, 11) is 1.56. The molecule has 2 amide bonds. The van der Waals surface area contributed by atoms with E-state index in [1.807, 2.05) is 19.9 Å². The molecule has 156 valence electrons. The van der Waals surface area contributed by atoms with Gasteiger partial charge in [0.2, 0.25) is 0 Å². The summed E-state index contributed by atoms with van der Waals surface area (Å²) in [5, 5.41) is 3.78. The molecule has 2 aromatic heterocycles. The van der Waals surface area contributed by atoms with Gasteiger partial charge in [-0.1, -0.05) is 6.07 Å². The number of nitrogens with one attached hydrogen (secondary N) is 1. The molecule has 0 unspecified atom stereocenters. The minimum absolute atomic E-state index is 0.112. The van der Waals surface area contributed by atoms with Gasteiger partial charge >= 0.3 is 0 Å². The maximum atomic E-state index is 13.3. The van der Waals surface area contributed by atoms with Crippen molar-refractivity contribution in [3.63, 3.8) is 0 Å². The van der Waals surface area contributed by atoms with Crippen LogP contribution in [0.4, 0.5) is 5.69 Å². The van der Waals surface area contributed by atoms with Crippen molar-refractivity contribution in [3.05, 3.63) is 52.0 Å². The SMILES string of the molecule is COc1cccc(C(=O)Nc2c(C(=O)N3CCOCC3)sc3nc(C)cc(C)c23)c1. The van der Waals surface area contributed by atoms with Gasteiger partial charge in [-0.3, -0.25) is 9.59 Å². The molecule has 1 aliphatic rings. The summed E-state index contributed by atoms with van der Waals surface area (Å²) >= 11 is 1.32. The second-order valence-corrected chi connectivity index (χ2v) is 8.16. The predicted octanol–water partition coefficient (Wildman–Crippen LogP) is 3.65. The van der Waals surface area contributed by atoms with Gasteiger partial charge in [-0.05, 0) is 43.7 Å². The number of benzene rings is 1. The van der Waals surface area contributed by atoms with Crippen LogP contribution in [0.25, 0.3) is 10.2 Å². The fourth-order valence-corrected chi connectivity index (χ4v) is 4.79. The van der Waals surface area contributed by atoms with Gasteiger partial charge < -0.3 is 19.7 Å². The number of ether oxygens (including phenoxy) is 2. The molecule has 1 fully saturated rings. The summed E-state index contributed by atoms with van der Waals surface area (Å²) in [6.07, 6.45) is 0. The Labute approximate surface area is 178 Å². The third kappa shape index (κ3) is 3.88. The van der Waals surface area contributed by atoms with E-state index in [0.29, 0.717) is 48.2 Å². The van der Waals surface area contributed by atoms with E-state index < -0.39 is 0 Å². The molecule has 1 aliphatic heterocycles. The lowest BCUT2D eigenvalue weighted by Crippen LogP contribution is -2.40. The largest absolute Gasteiger partial charge is 0.497 e. The number of aryl methyl sites for hydroxylation is 2. The standard InChI is InChI=1S/C22H23N3O4S/c1-13-11-14(2)23-21-17(13)18(19(30-21)22(27)25-7-9-29-10-8-25)24-20(26)15-5-4-6-16(12-15)28-3/h4-6,11-12H,7-10H2,1-3H3,(H,24,26). The minimum atomic E-state index is -0.301. The lowest BCUT2D eigenvalue weighted by molar-refractivity contribution is 0.0307. The summed E-state index contributed by atoms with van der Waals surface area (Å²) in [5.41, 5.74) is 2.81. The zero-order valence-corrected chi connectivity index (χ0v) is 18.0. The number of fused-ring (bicyclic) bond motifs is 1. The van der Waals surface area contributed by atoms with Crippen molar-refractivity contribution in [2.24, 2.45) is 0 Å². The van der Waals surface area contributed by atoms with Crippen LogP contribution in [0.15, 0.2) is 30.3 Å². The monoisotopic (exact) mass is 425 g/mol. The number of hydrogen-bond donors (Lipinski definition) is 1. The van der Waals surface area contributed by atoms with Crippen LogP contribution < -0.4 is 10.1 Å². The van der Waals surface area contributed by atoms with Crippen molar-refractivity contribution >= 4 is 39.1 Å². The number of carbonyl (C=O) groups excluding carboxylic acids is 2. The number of carbonyl (C=O) groups is 2. The van der Waals surface area contributed by atoms with Gasteiger partial charge in [0.15, 0.2) is 0 Å². The Balaban J connectivity index is 1.77. The summed E-state index contributed by atoms with van der Waals surface area (Å²) in [4.78, 5) is 33.9. The summed E-state index contributed by atoms with van der Waals surface area (Å²) < 4.78 is 10.6. The van der Waals surface area contributed by atoms with E-state index in [1.165, 1.54) is 11.3 Å². The number of amides is 2. The smallest absolute Gasteiger partial charge is 0.266 e. The van der Waals surface area contributed by atoms with E-state index in [0.717, 1.165) is 21.5 Å². The number of rotatable bonds is 4. The molecule has 0 bridgehead atoms. The first-order chi connectivity index (χ1) is 14.5. The van der Waals surface area contributed by atoms with Crippen LogP contribution in [-0.4, -0.2) is 55.1 Å². The third-order valence-corrected chi connectivity index (χ3v) is 6.12. The van der Waals surface area contributed by atoms with Gasteiger partial charge in [0.1, 0.15) is 15.5 Å². The van der Waals surface area contributed by atoms with E-state index in [-0.39, 0.29) is 11.8 Å². The Hall–Kier alpha value is -2.97. The molecule has 1 saturated heterocycles. The molecule has 4 rings (SSSR count). The van der Waals surface area contributed by atoms with Crippen LogP contribution in [0.1, 0.15) is 31.3 Å². The number of thiophene rings is 1. The molecule has 7 nitrogen and oxygen atoms in total. The minimum Gasteiger partial charge on any atom is -0.497 e. The molecule has 1 N–H and O–H groups in total. The van der Waals surface area contributed by atoms with Gasteiger partial charge in [0, 0.05) is 29.7 Å². The Morgan fingerprint density at radius 2 is 1.97 bits per heavy atom. The first-order valence-electron chi connectivity index (χ1n) is 9.71. The number of aromatic nitrogens is 1. The molecule has 0 spiro atoms. The average Bonchev–Trinajstić information content (AvgIpc) is 3.12. The van der Waals surface area contributed by atoms with Gasteiger partial charge in [0.25, 0.3) is 11.8 Å². The predicted molar refractivity (Wildman–Crippen MR) is 117 cm³/mol. The van der Waals surface area contributed by atoms with E-state index in [9.17, 15) is 9.59 Å². The highest BCUT2D eigenvalue weighted by atomic mass is 32.1. The first-order valence-corrected chi connectivity index (χ1v) is 10.5. The van der Waals surface area contributed by atoms with E-state index >= 15 is 0 Å². The number of anilines is 1. The van der Waals surface area contributed by atoms with Crippen molar-refractivity contribution in [2.45, 2.75) is 13.8 Å². The Kier molecular flexibility index (Phi) is 5.69. The second kappa shape index (κ2) is 8.41. The lowest BCUT2D eigenvalue weighted by atomic mass is 10.1. The van der Waals surface area contributed by atoms with Crippen molar-refractivity contribution in [1.82, 2.24) is 9.88 Å². The van der Waals surface area contributed by atoms with E-state index in [2.05, 4.69) is 10.3 Å².